The number of carbonyl (C=O) groups is 1. The molecule has 0 radical (unpaired) electrons. The van der Waals surface area contributed by atoms with Gasteiger partial charge in [0.25, 0.3) is 0 Å². The quantitative estimate of drug-likeness (QED) is 0.765. The normalized spacial score (nSPS) is 19.8. The van der Waals surface area contributed by atoms with Crippen molar-refractivity contribution < 1.29 is 23.1 Å². The zero-order chi connectivity index (χ0) is 10.9. The number of rotatable bonds is 4. The summed E-state index contributed by atoms with van der Waals surface area (Å²) in [6.45, 7) is 0.150. The van der Waals surface area contributed by atoms with E-state index in [-0.39, 0.29) is 6.04 Å². The van der Waals surface area contributed by atoms with Crippen LogP contribution in [0.1, 0.15) is 19.8 Å². The van der Waals surface area contributed by atoms with Gasteiger partial charge in [0.15, 0.2) is 0 Å². The Bertz CT molecular complexity index is 225. The molecule has 1 rings (SSSR count). The van der Waals surface area contributed by atoms with Gasteiger partial charge >= 0.3 is 12.1 Å². The highest BCUT2D eigenvalue weighted by atomic mass is 19.4. The van der Waals surface area contributed by atoms with Gasteiger partial charge in [0.05, 0.1) is 6.54 Å². The van der Waals surface area contributed by atoms with Gasteiger partial charge in [-0.2, -0.15) is 13.2 Å². The SMILES string of the molecule is CC(C(=O)O)N(CC(F)(F)F)C1CC1. The summed E-state index contributed by atoms with van der Waals surface area (Å²) in [5.74, 6) is -1.21. The molecule has 1 aliphatic rings. The summed E-state index contributed by atoms with van der Waals surface area (Å²) in [6, 6.07) is -1.27. The molecule has 0 aliphatic heterocycles. The smallest absolute Gasteiger partial charge is 0.401 e. The van der Waals surface area contributed by atoms with Crippen LogP contribution in [0.25, 0.3) is 0 Å². The summed E-state index contributed by atoms with van der Waals surface area (Å²) in [4.78, 5) is 11.6. The third-order valence-corrected chi connectivity index (χ3v) is 2.23. The number of nitrogens with zero attached hydrogens (tertiary/aromatic N) is 1. The first-order chi connectivity index (χ1) is 6.31. The van der Waals surface area contributed by atoms with Crippen LogP contribution in [0.5, 0.6) is 0 Å². The summed E-state index contributed by atoms with van der Waals surface area (Å²) < 4.78 is 36.2. The highest BCUT2D eigenvalue weighted by Crippen LogP contribution is 2.31. The molecule has 1 aliphatic carbocycles. The number of carboxylic acid groups (broad SMARTS) is 1. The van der Waals surface area contributed by atoms with E-state index in [1.165, 1.54) is 6.92 Å². The molecule has 3 nitrogen and oxygen atoms in total. The molecule has 1 unspecified atom stereocenters. The fourth-order valence-corrected chi connectivity index (χ4v) is 1.34. The number of aliphatic carboxylic acids is 1. The molecule has 1 atom stereocenters. The van der Waals surface area contributed by atoms with E-state index < -0.39 is 24.7 Å². The standard InChI is InChI=1S/C8H12F3NO2/c1-5(7(13)14)12(6-2-3-6)4-8(9,10)11/h5-6H,2-4H2,1H3,(H,13,14). The van der Waals surface area contributed by atoms with Gasteiger partial charge in [-0.15, -0.1) is 0 Å². The molecule has 6 heteroatoms. The molecule has 1 fully saturated rings. The predicted molar refractivity (Wildman–Crippen MR) is 42.9 cm³/mol. The molecule has 0 amide bonds. The second-order valence-corrected chi connectivity index (χ2v) is 3.53. The number of halogens is 3. The minimum atomic E-state index is -4.33. The van der Waals surface area contributed by atoms with E-state index in [2.05, 4.69) is 0 Å². The van der Waals surface area contributed by atoms with E-state index in [4.69, 9.17) is 5.11 Å². The average Bonchev–Trinajstić information content (AvgIpc) is 2.79. The summed E-state index contributed by atoms with van der Waals surface area (Å²) in [5.41, 5.74) is 0. The largest absolute Gasteiger partial charge is 0.480 e. The van der Waals surface area contributed by atoms with Crippen LogP contribution in [0.2, 0.25) is 0 Å². The minimum absolute atomic E-state index is 0.206. The third kappa shape index (κ3) is 3.17. The first-order valence-corrected chi connectivity index (χ1v) is 4.36. The molecular weight excluding hydrogens is 199 g/mol. The highest BCUT2D eigenvalue weighted by molar-refractivity contribution is 5.73. The molecule has 0 aromatic carbocycles. The number of carboxylic acids is 1. The molecule has 0 saturated heterocycles. The molecule has 0 aromatic rings. The maximum Gasteiger partial charge on any atom is 0.401 e. The molecule has 14 heavy (non-hydrogen) atoms. The minimum Gasteiger partial charge on any atom is -0.480 e. The van der Waals surface area contributed by atoms with Gasteiger partial charge in [-0.05, 0) is 19.8 Å². The van der Waals surface area contributed by atoms with Crippen molar-refractivity contribution >= 4 is 5.97 Å². The van der Waals surface area contributed by atoms with E-state index in [9.17, 15) is 18.0 Å². The van der Waals surface area contributed by atoms with E-state index >= 15 is 0 Å². The van der Waals surface area contributed by atoms with Crippen LogP contribution >= 0.6 is 0 Å². The van der Waals surface area contributed by atoms with Gasteiger partial charge in [-0.1, -0.05) is 0 Å². The van der Waals surface area contributed by atoms with E-state index in [1.807, 2.05) is 0 Å². The van der Waals surface area contributed by atoms with Crippen LogP contribution in [0.3, 0.4) is 0 Å². The molecule has 1 N–H and O–H groups in total. The van der Waals surface area contributed by atoms with Crippen LogP contribution in [0.15, 0.2) is 0 Å². The molecule has 82 valence electrons. The van der Waals surface area contributed by atoms with Gasteiger partial charge in [0.2, 0.25) is 0 Å². The summed E-state index contributed by atoms with van der Waals surface area (Å²) >= 11 is 0. The molecule has 0 heterocycles. The van der Waals surface area contributed by atoms with Crippen molar-refractivity contribution in [3.05, 3.63) is 0 Å². The van der Waals surface area contributed by atoms with Gasteiger partial charge in [-0.3, -0.25) is 9.69 Å². The van der Waals surface area contributed by atoms with E-state index in [0.29, 0.717) is 12.8 Å². The van der Waals surface area contributed by atoms with Crippen LogP contribution in [0.4, 0.5) is 13.2 Å². The van der Waals surface area contributed by atoms with Crippen LogP contribution in [0, 0.1) is 0 Å². The Morgan fingerprint density at radius 1 is 1.57 bits per heavy atom. The molecular formula is C8H12F3NO2. The lowest BCUT2D eigenvalue weighted by Gasteiger charge is -2.26. The fraction of sp³-hybridized carbons (Fsp3) is 0.875. The zero-order valence-corrected chi connectivity index (χ0v) is 7.71. The Morgan fingerprint density at radius 2 is 2.07 bits per heavy atom. The second-order valence-electron chi connectivity index (χ2n) is 3.53. The number of hydrogen-bond acceptors (Lipinski definition) is 2. The van der Waals surface area contributed by atoms with Gasteiger partial charge in [0.1, 0.15) is 6.04 Å². The number of alkyl halides is 3. The van der Waals surface area contributed by atoms with Gasteiger partial charge < -0.3 is 5.11 Å². The van der Waals surface area contributed by atoms with Crippen molar-refractivity contribution in [3.8, 4) is 0 Å². The predicted octanol–water partition coefficient (Wildman–Crippen LogP) is 1.49. The zero-order valence-electron chi connectivity index (χ0n) is 7.71. The third-order valence-electron chi connectivity index (χ3n) is 2.23. The topological polar surface area (TPSA) is 40.5 Å². The molecule has 0 aromatic heterocycles. The fourth-order valence-electron chi connectivity index (χ4n) is 1.34. The van der Waals surface area contributed by atoms with E-state index in [0.717, 1.165) is 4.90 Å². The lowest BCUT2D eigenvalue weighted by molar-refractivity contribution is -0.161. The second kappa shape index (κ2) is 3.76. The maximum absolute atomic E-state index is 12.1. The Labute approximate surface area is 79.5 Å². The Hall–Kier alpha value is -0.780. The van der Waals surface area contributed by atoms with Crippen LogP contribution in [-0.2, 0) is 4.79 Å². The lowest BCUT2D eigenvalue weighted by atomic mass is 10.2. The van der Waals surface area contributed by atoms with Crippen molar-refractivity contribution in [2.75, 3.05) is 6.54 Å². The molecule has 0 spiro atoms. The summed E-state index contributed by atoms with van der Waals surface area (Å²) in [5, 5.41) is 8.62. The molecule has 1 saturated carbocycles. The molecule has 0 bridgehead atoms. The average molecular weight is 211 g/mol. The van der Waals surface area contributed by atoms with Gasteiger partial charge in [0, 0.05) is 6.04 Å². The van der Waals surface area contributed by atoms with Crippen LogP contribution < -0.4 is 0 Å². The van der Waals surface area contributed by atoms with Crippen LogP contribution in [-0.4, -0.2) is 40.8 Å². The van der Waals surface area contributed by atoms with Crippen molar-refractivity contribution in [1.82, 2.24) is 4.90 Å². The van der Waals surface area contributed by atoms with Gasteiger partial charge in [-0.25, -0.2) is 0 Å². The van der Waals surface area contributed by atoms with Crippen molar-refractivity contribution in [1.29, 1.82) is 0 Å². The van der Waals surface area contributed by atoms with E-state index in [1.54, 1.807) is 0 Å². The lowest BCUT2D eigenvalue weighted by Crippen LogP contribution is -2.45. The van der Waals surface area contributed by atoms with Crippen molar-refractivity contribution in [2.45, 2.75) is 38.0 Å². The first-order valence-electron chi connectivity index (χ1n) is 4.36. The van der Waals surface area contributed by atoms with Crippen molar-refractivity contribution in [3.63, 3.8) is 0 Å². The maximum atomic E-state index is 12.1. The van der Waals surface area contributed by atoms with Crippen molar-refractivity contribution in [2.24, 2.45) is 0 Å². The Balaban J connectivity index is 2.59. The number of hydrogen-bond donors (Lipinski definition) is 1. The Morgan fingerprint density at radius 3 is 2.36 bits per heavy atom. The summed E-state index contributed by atoms with van der Waals surface area (Å²) in [7, 11) is 0. The highest BCUT2D eigenvalue weighted by Gasteiger charge is 2.41. The monoisotopic (exact) mass is 211 g/mol. The Kier molecular flexibility index (Phi) is 3.04. The first kappa shape index (κ1) is 11.3. The summed E-state index contributed by atoms with van der Waals surface area (Å²) in [6.07, 6.45) is -3.01.